The van der Waals surface area contributed by atoms with Crippen LogP contribution in [0.25, 0.3) is 10.9 Å². The van der Waals surface area contributed by atoms with E-state index in [0.717, 1.165) is 18.6 Å². The van der Waals surface area contributed by atoms with E-state index in [-0.39, 0.29) is 0 Å². The molecule has 0 bridgehead atoms. The number of nitrogens with zero attached hydrogens (tertiary/aromatic N) is 1. The Balaban J connectivity index is 1.41. The van der Waals surface area contributed by atoms with Crippen LogP contribution in [0.5, 0.6) is 0 Å². The molecule has 1 heterocycles. The second-order valence-corrected chi connectivity index (χ2v) is 5.48. The lowest BCUT2D eigenvalue weighted by Crippen LogP contribution is -2.28. The Hall–Kier alpha value is -2.13. The second kappa shape index (κ2) is 4.76. The third-order valence-corrected chi connectivity index (χ3v) is 4.23. The van der Waals surface area contributed by atoms with E-state index in [4.69, 9.17) is 0 Å². The van der Waals surface area contributed by atoms with Crippen LogP contribution in [-0.4, -0.2) is 16.7 Å². The summed E-state index contributed by atoms with van der Waals surface area (Å²) in [6.45, 7) is 1.93. The fraction of sp³-hybridized carbons (Fsp3) is 0.235. The fourth-order valence-corrected chi connectivity index (χ4v) is 3.10. The van der Waals surface area contributed by atoms with Crippen LogP contribution in [0.3, 0.4) is 0 Å². The number of aromatic nitrogens is 2. The van der Waals surface area contributed by atoms with E-state index in [1.54, 1.807) is 0 Å². The van der Waals surface area contributed by atoms with Crippen LogP contribution in [0.2, 0.25) is 0 Å². The number of aromatic amines is 1. The molecule has 1 aliphatic rings. The molecule has 0 amide bonds. The quantitative estimate of drug-likeness (QED) is 0.759. The molecule has 2 aromatic carbocycles. The fourth-order valence-electron chi connectivity index (χ4n) is 3.10. The molecule has 0 radical (unpaired) electrons. The Bertz CT molecular complexity index is 745. The SMILES string of the molecule is c1ccc2c(c1)C[C@H]2CNCc1cccc2cn[nH]c12. The van der Waals surface area contributed by atoms with Crippen LogP contribution in [0, 0.1) is 0 Å². The molecule has 2 N–H and O–H groups in total. The van der Waals surface area contributed by atoms with Crippen LogP contribution in [-0.2, 0) is 13.0 Å². The van der Waals surface area contributed by atoms with E-state index >= 15 is 0 Å². The molecule has 0 aliphatic heterocycles. The second-order valence-electron chi connectivity index (χ2n) is 5.48. The summed E-state index contributed by atoms with van der Waals surface area (Å²) in [7, 11) is 0. The van der Waals surface area contributed by atoms with Crippen LogP contribution >= 0.6 is 0 Å². The molecular weight excluding hydrogens is 246 g/mol. The lowest BCUT2D eigenvalue weighted by Gasteiger charge is -2.30. The van der Waals surface area contributed by atoms with Crippen molar-refractivity contribution in [3.8, 4) is 0 Å². The summed E-state index contributed by atoms with van der Waals surface area (Å²) < 4.78 is 0. The van der Waals surface area contributed by atoms with Crippen LogP contribution in [0.15, 0.2) is 48.7 Å². The summed E-state index contributed by atoms with van der Waals surface area (Å²) in [5.74, 6) is 0.673. The normalized spacial score (nSPS) is 16.9. The Morgan fingerprint density at radius 2 is 2.10 bits per heavy atom. The van der Waals surface area contributed by atoms with Crippen molar-refractivity contribution in [3.63, 3.8) is 0 Å². The third kappa shape index (κ3) is 1.91. The van der Waals surface area contributed by atoms with Crippen molar-refractivity contribution < 1.29 is 0 Å². The first-order valence-electron chi connectivity index (χ1n) is 7.11. The van der Waals surface area contributed by atoms with Gasteiger partial charge in [0.1, 0.15) is 0 Å². The number of rotatable bonds is 4. The van der Waals surface area contributed by atoms with E-state index in [1.807, 2.05) is 6.20 Å². The molecule has 0 fully saturated rings. The molecule has 100 valence electrons. The maximum atomic E-state index is 4.11. The van der Waals surface area contributed by atoms with Crippen molar-refractivity contribution in [2.75, 3.05) is 6.54 Å². The topological polar surface area (TPSA) is 40.7 Å². The Morgan fingerprint density at radius 1 is 1.15 bits per heavy atom. The smallest absolute Gasteiger partial charge is 0.0695 e. The number of para-hydroxylation sites is 1. The summed E-state index contributed by atoms with van der Waals surface area (Å²) in [6, 6.07) is 15.1. The number of nitrogens with one attached hydrogen (secondary N) is 2. The van der Waals surface area contributed by atoms with Gasteiger partial charge < -0.3 is 5.32 Å². The monoisotopic (exact) mass is 263 g/mol. The molecule has 0 unspecified atom stereocenters. The number of hydrogen-bond acceptors (Lipinski definition) is 2. The van der Waals surface area contributed by atoms with Gasteiger partial charge in [-0.3, -0.25) is 5.10 Å². The zero-order chi connectivity index (χ0) is 13.4. The summed E-state index contributed by atoms with van der Waals surface area (Å²) in [5.41, 5.74) is 5.45. The molecule has 1 aliphatic carbocycles. The maximum absolute atomic E-state index is 4.11. The predicted octanol–water partition coefficient (Wildman–Crippen LogP) is 2.99. The van der Waals surface area contributed by atoms with E-state index in [9.17, 15) is 0 Å². The van der Waals surface area contributed by atoms with E-state index in [2.05, 4.69) is 58.0 Å². The molecule has 0 saturated carbocycles. The number of H-pyrrole nitrogens is 1. The minimum absolute atomic E-state index is 0.673. The minimum atomic E-state index is 0.673. The largest absolute Gasteiger partial charge is 0.312 e. The van der Waals surface area contributed by atoms with Gasteiger partial charge in [0, 0.05) is 24.4 Å². The molecule has 0 saturated heterocycles. The lowest BCUT2D eigenvalue weighted by molar-refractivity contribution is 0.536. The Kier molecular flexibility index (Phi) is 2.78. The van der Waals surface area contributed by atoms with Gasteiger partial charge in [-0.25, -0.2) is 0 Å². The molecular formula is C17H17N3. The predicted molar refractivity (Wildman–Crippen MR) is 80.7 cm³/mol. The van der Waals surface area contributed by atoms with Gasteiger partial charge in [0.15, 0.2) is 0 Å². The lowest BCUT2D eigenvalue weighted by atomic mass is 9.77. The van der Waals surface area contributed by atoms with Crippen LogP contribution in [0.1, 0.15) is 22.6 Å². The zero-order valence-electron chi connectivity index (χ0n) is 11.3. The molecule has 3 heteroatoms. The van der Waals surface area contributed by atoms with Gasteiger partial charge in [-0.2, -0.15) is 5.10 Å². The van der Waals surface area contributed by atoms with Crippen molar-refractivity contribution in [1.29, 1.82) is 0 Å². The van der Waals surface area contributed by atoms with Crippen molar-refractivity contribution in [3.05, 3.63) is 65.4 Å². The average molecular weight is 263 g/mol. The molecule has 4 rings (SSSR count). The average Bonchev–Trinajstić information content (AvgIpc) is 2.93. The maximum Gasteiger partial charge on any atom is 0.0695 e. The van der Waals surface area contributed by atoms with Gasteiger partial charge in [0.2, 0.25) is 0 Å². The number of benzene rings is 2. The molecule has 20 heavy (non-hydrogen) atoms. The van der Waals surface area contributed by atoms with E-state index < -0.39 is 0 Å². The van der Waals surface area contributed by atoms with Crippen molar-refractivity contribution in [2.24, 2.45) is 0 Å². The summed E-state index contributed by atoms with van der Waals surface area (Å²) >= 11 is 0. The minimum Gasteiger partial charge on any atom is -0.312 e. The zero-order valence-corrected chi connectivity index (χ0v) is 11.3. The van der Waals surface area contributed by atoms with Gasteiger partial charge in [-0.15, -0.1) is 0 Å². The van der Waals surface area contributed by atoms with Gasteiger partial charge in [0.05, 0.1) is 11.7 Å². The van der Waals surface area contributed by atoms with Crippen molar-refractivity contribution in [2.45, 2.75) is 18.9 Å². The highest BCUT2D eigenvalue weighted by molar-refractivity contribution is 5.81. The third-order valence-electron chi connectivity index (χ3n) is 4.23. The molecule has 0 spiro atoms. The first kappa shape index (κ1) is 11.7. The Morgan fingerprint density at radius 3 is 3.05 bits per heavy atom. The Labute approximate surface area is 118 Å². The first-order valence-corrected chi connectivity index (χ1v) is 7.11. The summed E-state index contributed by atoms with van der Waals surface area (Å²) in [4.78, 5) is 0. The van der Waals surface area contributed by atoms with E-state index in [1.165, 1.54) is 28.5 Å². The summed E-state index contributed by atoms with van der Waals surface area (Å²) in [5, 5.41) is 11.9. The van der Waals surface area contributed by atoms with Gasteiger partial charge >= 0.3 is 0 Å². The van der Waals surface area contributed by atoms with E-state index in [0.29, 0.717) is 5.92 Å². The highest BCUT2D eigenvalue weighted by Gasteiger charge is 2.24. The van der Waals surface area contributed by atoms with Gasteiger partial charge in [-0.1, -0.05) is 42.5 Å². The highest BCUT2D eigenvalue weighted by atomic mass is 15.1. The van der Waals surface area contributed by atoms with Crippen molar-refractivity contribution >= 4 is 10.9 Å². The van der Waals surface area contributed by atoms with Crippen LogP contribution in [0.4, 0.5) is 0 Å². The van der Waals surface area contributed by atoms with Crippen molar-refractivity contribution in [1.82, 2.24) is 15.5 Å². The van der Waals surface area contributed by atoms with Gasteiger partial charge in [0.25, 0.3) is 0 Å². The molecule has 1 aromatic heterocycles. The van der Waals surface area contributed by atoms with Crippen LogP contribution < -0.4 is 5.32 Å². The molecule has 3 nitrogen and oxygen atoms in total. The first-order chi connectivity index (χ1) is 9.92. The number of hydrogen-bond donors (Lipinski definition) is 2. The molecule has 1 atom stereocenters. The number of fused-ring (bicyclic) bond motifs is 2. The standard InChI is InChI=1S/C17H17N3/c1-2-7-16-12(4-1)8-15(16)10-18-9-13-5-3-6-14-11-19-20-17(13)14/h1-7,11,15,18H,8-10H2,(H,19,20)/t15-/m0/s1. The molecule has 3 aromatic rings. The highest BCUT2D eigenvalue weighted by Crippen LogP contribution is 2.34. The van der Waals surface area contributed by atoms with Gasteiger partial charge in [-0.05, 0) is 23.1 Å². The summed E-state index contributed by atoms with van der Waals surface area (Å²) in [6.07, 6.45) is 3.08.